The third-order valence-electron chi connectivity index (χ3n) is 10.2. The number of piperazine rings is 1. The second-order valence-corrected chi connectivity index (χ2v) is 13.8. The number of methoxy groups -OCH3 is 1. The molecule has 1 amide bonds. The summed E-state index contributed by atoms with van der Waals surface area (Å²) < 4.78 is 5.48. The molecule has 0 aromatic heterocycles. The summed E-state index contributed by atoms with van der Waals surface area (Å²) in [5.74, 6) is 1.48. The lowest BCUT2D eigenvalue weighted by molar-refractivity contribution is -0.123. The van der Waals surface area contributed by atoms with Crippen molar-refractivity contribution in [3.8, 4) is 5.75 Å². The molecule has 0 bridgehead atoms. The van der Waals surface area contributed by atoms with Gasteiger partial charge in [-0.1, -0.05) is 50.4 Å². The van der Waals surface area contributed by atoms with Crippen LogP contribution in [0.25, 0.3) is 0 Å². The summed E-state index contributed by atoms with van der Waals surface area (Å²) in [5.41, 5.74) is 10.7. The number of amides is 1. The largest absolute Gasteiger partial charge is 0.497 e. The molecular formula is C42H53N3O3. The minimum atomic E-state index is -0.188. The van der Waals surface area contributed by atoms with Gasteiger partial charge in [0.1, 0.15) is 11.5 Å². The van der Waals surface area contributed by atoms with E-state index in [4.69, 9.17) is 4.74 Å². The van der Waals surface area contributed by atoms with E-state index < -0.39 is 0 Å². The zero-order chi connectivity index (χ0) is 34.2. The first-order chi connectivity index (χ1) is 23.1. The number of ketones is 1. The topological polar surface area (TPSA) is 61.9 Å². The number of aryl methyl sites for hydroxylation is 4. The fourth-order valence-corrected chi connectivity index (χ4v) is 7.34. The van der Waals surface area contributed by atoms with E-state index in [9.17, 15) is 9.59 Å². The highest BCUT2D eigenvalue weighted by molar-refractivity contribution is 5.99. The lowest BCUT2D eigenvalue weighted by Gasteiger charge is -2.37. The van der Waals surface area contributed by atoms with Gasteiger partial charge in [0.25, 0.3) is 0 Å². The molecule has 0 radical (unpaired) electrons. The quantitative estimate of drug-likeness (QED) is 0.201. The lowest BCUT2D eigenvalue weighted by Crippen LogP contribution is -2.45. The fourth-order valence-electron chi connectivity index (χ4n) is 7.34. The van der Waals surface area contributed by atoms with Gasteiger partial charge in [-0.25, -0.2) is 0 Å². The van der Waals surface area contributed by atoms with Gasteiger partial charge in [-0.15, -0.1) is 0 Å². The van der Waals surface area contributed by atoms with Crippen molar-refractivity contribution >= 4 is 23.1 Å². The molecule has 0 spiro atoms. The van der Waals surface area contributed by atoms with Crippen LogP contribution in [-0.2, 0) is 35.3 Å². The second kappa shape index (κ2) is 16.2. The van der Waals surface area contributed by atoms with Crippen molar-refractivity contribution < 1.29 is 14.3 Å². The predicted octanol–water partition coefficient (Wildman–Crippen LogP) is 8.22. The maximum absolute atomic E-state index is 13.3. The number of Topliss-reactive ketones (excluding diaryl/α,β-unsaturated/α-hetero) is 1. The van der Waals surface area contributed by atoms with Gasteiger partial charge in [-0.05, 0) is 128 Å². The standard InChI is InChI=1S/C42H53N3O3/c1-7-42(47)43-40-28-37(45-21-19-44(20-22-45)29(2)3)17-16-34(40)10-8-9-32-12-14-35-27-36(41(46)18-11-31(5)39(35)26-32)15-13-33-23-30(4)24-38(25-33)48-6/h7,12,14,16-17,23-26,28,31,36H,1-2,8-11,13,15,18-22,27H2,3-6H3,(H,43,47). The Kier molecular flexibility index (Phi) is 11.8. The monoisotopic (exact) mass is 647 g/mol. The molecule has 5 rings (SSSR count). The molecule has 1 fully saturated rings. The number of ether oxygens (including phenoxy) is 1. The number of rotatable bonds is 12. The number of fused-ring (bicyclic) bond motifs is 1. The summed E-state index contributed by atoms with van der Waals surface area (Å²) >= 11 is 0. The fraction of sp³-hybridized carbons (Fsp3) is 0.429. The SMILES string of the molecule is C=CC(=O)Nc1cc(N2CCN(C(=C)C)CC2)ccc1CCCc1ccc2c(c1)C(C)CCC(=O)C(CCc1cc(C)cc(OC)c1)C2. The summed E-state index contributed by atoms with van der Waals surface area (Å²) in [6.45, 7) is 17.9. The zero-order valence-electron chi connectivity index (χ0n) is 29.4. The van der Waals surface area contributed by atoms with Crippen molar-refractivity contribution in [2.75, 3.05) is 43.5 Å². The Balaban J connectivity index is 1.24. The van der Waals surface area contributed by atoms with E-state index in [0.717, 1.165) is 99.5 Å². The molecule has 2 unspecified atom stereocenters. The third-order valence-corrected chi connectivity index (χ3v) is 10.2. The lowest BCUT2D eigenvalue weighted by atomic mass is 9.78. The van der Waals surface area contributed by atoms with E-state index in [1.807, 2.05) is 6.07 Å². The summed E-state index contributed by atoms with van der Waals surface area (Å²) in [4.78, 5) is 30.3. The number of allylic oxidation sites excluding steroid dienone is 1. The highest BCUT2D eigenvalue weighted by Gasteiger charge is 2.26. The minimum Gasteiger partial charge on any atom is -0.497 e. The Morgan fingerprint density at radius 2 is 1.79 bits per heavy atom. The molecule has 3 aromatic rings. The molecule has 6 heteroatoms. The summed E-state index contributed by atoms with van der Waals surface area (Å²) in [6.07, 6.45) is 8.20. The third kappa shape index (κ3) is 8.97. The van der Waals surface area contributed by atoms with E-state index in [-0.39, 0.29) is 11.8 Å². The normalized spacial score (nSPS) is 18.0. The molecule has 254 valence electrons. The van der Waals surface area contributed by atoms with Crippen molar-refractivity contribution in [3.63, 3.8) is 0 Å². The van der Waals surface area contributed by atoms with E-state index >= 15 is 0 Å². The molecule has 1 aliphatic carbocycles. The van der Waals surface area contributed by atoms with Crippen molar-refractivity contribution in [1.82, 2.24) is 4.90 Å². The van der Waals surface area contributed by atoms with E-state index in [1.165, 1.54) is 33.9 Å². The van der Waals surface area contributed by atoms with Crippen LogP contribution >= 0.6 is 0 Å². The van der Waals surface area contributed by atoms with Gasteiger partial charge >= 0.3 is 0 Å². The van der Waals surface area contributed by atoms with Gasteiger partial charge in [0.2, 0.25) is 5.91 Å². The Bertz CT molecular complexity index is 1640. The van der Waals surface area contributed by atoms with Crippen LogP contribution in [0.4, 0.5) is 11.4 Å². The van der Waals surface area contributed by atoms with Gasteiger partial charge < -0.3 is 19.9 Å². The van der Waals surface area contributed by atoms with Crippen molar-refractivity contribution in [2.24, 2.45) is 5.92 Å². The Morgan fingerprint density at radius 3 is 2.52 bits per heavy atom. The van der Waals surface area contributed by atoms with Crippen LogP contribution in [-0.4, -0.2) is 49.9 Å². The predicted molar refractivity (Wildman–Crippen MR) is 198 cm³/mol. The van der Waals surface area contributed by atoms with Crippen LogP contribution < -0.4 is 15.0 Å². The van der Waals surface area contributed by atoms with Crippen LogP contribution in [0, 0.1) is 12.8 Å². The minimum absolute atomic E-state index is 0.0377. The maximum atomic E-state index is 13.3. The molecule has 3 aromatic carbocycles. The van der Waals surface area contributed by atoms with Crippen LogP contribution in [0.2, 0.25) is 0 Å². The van der Waals surface area contributed by atoms with Crippen molar-refractivity contribution in [3.05, 3.63) is 113 Å². The number of carbonyl (C=O) groups excluding carboxylic acids is 2. The summed E-state index contributed by atoms with van der Waals surface area (Å²) in [7, 11) is 1.70. The Hall–Kier alpha value is -4.32. The van der Waals surface area contributed by atoms with Gasteiger partial charge in [-0.2, -0.15) is 0 Å². The number of benzene rings is 3. The van der Waals surface area contributed by atoms with Crippen molar-refractivity contribution in [2.45, 2.75) is 78.1 Å². The van der Waals surface area contributed by atoms with E-state index in [0.29, 0.717) is 18.1 Å². The second-order valence-electron chi connectivity index (χ2n) is 13.8. The molecule has 1 aliphatic heterocycles. The van der Waals surface area contributed by atoms with Crippen LogP contribution in [0.1, 0.15) is 78.8 Å². The Morgan fingerprint density at radius 1 is 1.00 bits per heavy atom. The molecule has 2 atom stereocenters. The first kappa shape index (κ1) is 35.0. The zero-order valence-corrected chi connectivity index (χ0v) is 29.4. The molecular weight excluding hydrogens is 594 g/mol. The first-order valence-corrected chi connectivity index (χ1v) is 17.6. The first-order valence-electron chi connectivity index (χ1n) is 17.6. The number of nitrogens with zero attached hydrogens (tertiary/aromatic N) is 2. The molecule has 1 heterocycles. The smallest absolute Gasteiger partial charge is 0.247 e. The average molecular weight is 648 g/mol. The van der Waals surface area contributed by atoms with Gasteiger partial charge in [0.05, 0.1) is 7.11 Å². The highest BCUT2D eigenvalue weighted by atomic mass is 16.5. The average Bonchev–Trinajstić information content (AvgIpc) is 3.08. The van der Waals surface area contributed by atoms with E-state index in [2.05, 4.69) is 97.6 Å². The Labute approximate surface area is 287 Å². The van der Waals surface area contributed by atoms with E-state index in [1.54, 1.807) is 7.11 Å². The molecule has 48 heavy (non-hydrogen) atoms. The highest BCUT2D eigenvalue weighted by Crippen LogP contribution is 2.33. The summed E-state index contributed by atoms with van der Waals surface area (Å²) in [5, 5.41) is 3.07. The molecule has 0 saturated carbocycles. The molecule has 1 saturated heterocycles. The summed E-state index contributed by atoms with van der Waals surface area (Å²) in [6, 6.07) is 19.8. The molecule has 1 N–H and O–H groups in total. The number of nitrogens with one attached hydrogen (secondary N) is 1. The maximum Gasteiger partial charge on any atom is 0.247 e. The van der Waals surface area contributed by atoms with Crippen LogP contribution in [0.15, 0.2) is 79.5 Å². The number of carbonyl (C=O) groups is 2. The van der Waals surface area contributed by atoms with Gasteiger partial charge in [0.15, 0.2) is 0 Å². The number of anilines is 2. The number of hydrogen-bond acceptors (Lipinski definition) is 5. The van der Waals surface area contributed by atoms with Crippen LogP contribution in [0.3, 0.4) is 0 Å². The number of hydrogen-bond donors (Lipinski definition) is 1. The molecule has 2 aliphatic rings. The van der Waals surface area contributed by atoms with Gasteiger partial charge in [0, 0.05) is 55.6 Å². The van der Waals surface area contributed by atoms with Crippen molar-refractivity contribution in [1.29, 1.82) is 0 Å². The molecule has 6 nitrogen and oxygen atoms in total. The van der Waals surface area contributed by atoms with Crippen LogP contribution in [0.5, 0.6) is 5.75 Å². The van der Waals surface area contributed by atoms with Gasteiger partial charge in [-0.3, -0.25) is 9.59 Å².